The number of carboxylic acids is 1. The maximum atomic E-state index is 12.4. The van der Waals surface area contributed by atoms with Crippen molar-refractivity contribution in [2.45, 2.75) is 26.3 Å². The molecule has 0 heterocycles. The van der Waals surface area contributed by atoms with Crippen molar-refractivity contribution in [3.05, 3.63) is 28.3 Å². The predicted molar refractivity (Wildman–Crippen MR) is 83.4 cm³/mol. The van der Waals surface area contributed by atoms with E-state index in [1.807, 2.05) is 0 Å². The number of amides is 1. The van der Waals surface area contributed by atoms with E-state index in [9.17, 15) is 14.7 Å². The van der Waals surface area contributed by atoms with Gasteiger partial charge < -0.3 is 14.9 Å². The minimum Gasteiger partial charge on any atom is -0.480 e. The van der Waals surface area contributed by atoms with E-state index < -0.39 is 17.9 Å². The third-order valence-corrected chi connectivity index (χ3v) is 3.75. The van der Waals surface area contributed by atoms with Gasteiger partial charge in [-0.15, -0.1) is 0 Å². The van der Waals surface area contributed by atoms with Crippen molar-refractivity contribution in [3.63, 3.8) is 0 Å². The van der Waals surface area contributed by atoms with Crippen LogP contribution < -0.4 is 4.90 Å². The van der Waals surface area contributed by atoms with Gasteiger partial charge in [0.2, 0.25) is 0 Å². The lowest BCUT2D eigenvalue weighted by atomic mass is 10.0. The Morgan fingerprint density at radius 2 is 2.00 bits per heavy atom. The molecule has 1 rings (SSSR count). The van der Waals surface area contributed by atoms with Gasteiger partial charge in [-0.05, 0) is 31.0 Å². The van der Waals surface area contributed by atoms with Gasteiger partial charge in [0.1, 0.15) is 12.6 Å². The summed E-state index contributed by atoms with van der Waals surface area (Å²) >= 11 is 6.11. The Hall–Kier alpha value is -1.63. The highest BCUT2D eigenvalue weighted by Crippen LogP contribution is 2.32. The molecule has 0 aliphatic carbocycles. The fraction of sp³-hybridized carbons (Fsp3) is 0.467. The number of methoxy groups -OCH3 is 1. The number of aliphatic hydroxyl groups excluding tert-OH is 1. The van der Waals surface area contributed by atoms with E-state index in [0.717, 1.165) is 10.5 Å². The minimum atomic E-state index is -1.20. The third kappa shape index (κ3) is 3.97. The molecule has 1 aromatic rings. The molecule has 1 atom stereocenters. The van der Waals surface area contributed by atoms with Crippen LogP contribution in [0.2, 0.25) is 5.02 Å². The van der Waals surface area contributed by atoms with Crippen LogP contribution in [0.3, 0.4) is 0 Å². The Balaban J connectivity index is 3.47. The molecular weight excluding hydrogens is 310 g/mol. The molecule has 6 nitrogen and oxygen atoms in total. The van der Waals surface area contributed by atoms with Crippen molar-refractivity contribution in [2.24, 2.45) is 0 Å². The van der Waals surface area contributed by atoms with E-state index in [2.05, 4.69) is 0 Å². The normalized spacial score (nSPS) is 12.0. The summed E-state index contributed by atoms with van der Waals surface area (Å²) in [5.41, 5.74) is 1.77. The molecule has 22 heavy (non-hydrogen) atoms. The molecule has 0 saturated carbocycles. The Kier molecular flexibility index (Phi) is 6.80. The number of aryl methyl sites for hydroxylation is 1. The van der Waals surface area contributed by atoms with Crippen LogP contribution in [0.1, 0.15) is 17.5 Å². The summed E-state index contributed by atoms with van der Waals surface area (Å²) in [6.45, 7) is 2.87. The van der Waals surface area contributed by atoms with Crippen LogP contribution in [0.5, 0.6) is 0 Å². The average molecular weight is 330 g/mol. The number of anilines is 1. The summed E-state index contributed by atoms with van der Waals surface area (Å²) in [4.78, 5) is 25.1. The van der Waals surface area contributed by atoms with Gasteiger partial charge in [-0.2, -0.15) is 0 Å². The highest BCUT2D eigenvalue weighted by Gasteiger charge is 2.32. The number of carbonyl (C=O) groups is 2. The SMILES string of the molecule is COCC(=O)N(c1c(C)ccc(Cl)c1C)[C@@H](CCO)C(=O)O. The Bertz CT molecular complexity index is 561. The number of rotatable bonds is 7. The monoisotopic (exact) mass is 329 g/mol. The van der Waals surface area contributed by atoms with Crippen LogP contribution in [-0.2, 0) is 14.3 Å². The van der Waals surface area contributed by atoms with Crippen molar-refractivity contribution in [1.29, 1.82) is 0 Å². The zero-order chi connectivity index (χ0) is 16.9. The lowest BCUT2D eigenvalue weighted by Gasteiger charge is -2.31. The van der Waals surface area contributed by atoms with Gasteiger partial charge in [-0.3, -0.25) is 9.69 Å². The van der Waals surface area contributed by atoms with Gasteiger partial charge in [-0.1, -0.05) is 17.7 Å². The van der Waals surface area contributed by atoms with Crippen LogP contribution in [-0.4, -0.2) is 48.5 Å². The highest BCUT2D eigenvalue weighted by molar-refractivity contribution is 6.32. The Morgan fingerprint density at radius 1 is 1.36 bits per heavy atom. The molecule has 2 N–H and O–H groups in total. The second kappa shape index (κ2) is 8.12. The summed E-state index contributed by atoms with van der Waals surface area (Å²) < 4.78 is 4.84. The topological polar surface area (TPSA) is 87.1 Å². The first-order valence-corrected chi connectivity index (χ1v) is 7.13. The van der Waals surface area contributed by atoms with Crippen LogP contribution in [0.15, 0.2) is 12.1 Å². The van der Waals surface area contributed by atoms with Gasteiger partial charge in [0.15, 0.2) is 0 Å². The van der Waals surface area contributed by atoms with Gasteiger partial charge in [-0.25, -0.2) is 4.79 Å². The van der Waals surface area contributed by atoms with E-state index in [1.165, 1.54) is 7.11 Å². The molecule has 0 unspecified atom stereocenters. The summed E-state index contributed by atoms with van der Waals surface area (Å²) in [6.07, 6.45) is -0.0871. The largest absolute Gasteiger partial charge is 0.480 e. The number of aliphatic hydroxyl groups is 1. The van der Waals surface area contributed by atoms with Crippen molar-refractivity contribution >= 4 is 29.2 Å². The quantitative estimate of drug-likeness (QED) is 0.796. The van der Waals surface area contributed by atoms with Gasteiger partial charge in [0.25, 0.3) is 5.91 Å². The zero-order valence-corrected chi connectivity index (χ0v) is 13.6. The van der Waals surface area contributed by atoms with Gasteiger partial charge >= 0.3 is 5.97 Å². The second-order valence-electron chi connectivity index (χ2n) is 4.90. The first-order chi connectivity index (χ1) is 10.3. The van der Waals surface area contributed by atoms with Crippen molar-refractivity contribution in [2.75, 3.05) is 25.2 Å². The number of carboxylic acid groups (broad SMARTS) is 1. The Labute approximate surface area is 134 Å². The number of ether oxygens (including phenoxy) is 1. The third-order valence-electron chi connectivity index (χ3n) is 3.34. The fourth-order valence-electron chi connectivity index (χ4n) is 2.31. The molecule has 7 heteroatoms. The number of aliphatic carboxylic acids is 1. The van der Waals surface area contributed by atoms with E-state index in [1.54, 1.807) is 26.0 Å². The molecule has 0 saturated heterocycles. The van der Waals surface area contributed by atoms with E-state index in [4.69, 9.17) is 21.4 Å². The van der Waals surface area contributed by atoms with Crippen LogP contribution in [0, 0.1) is 13.8 Å². The van der Waals surface area contributed by atoms with Crippen molar-refractivity contribution in [3.8, 4) is 0 Å². The number of hydrogen-bond donors (Lipinski definition) is 2. The van der Waals surface area contributed by atoms with Crippen LogP contribution in [0.25, 0.3) is 0 Å². The van der Waals surface area contributed by atoms with Crippen molar-refractivity contribution in [1.82, 2.24) is 0 Å². The van der Waals surface area contributed by atoms with E-state index >= 15 is 0 Å². The smallest absolute Gasteiger partial charge is 0.326 e. The molecular formula is C15H20ClNO5. The molecule has 1 amide bonds. The van der Waals surface area contributed by atoms with Crippen LogP contribution >= 0.6 is 11.6 Å². The first-order valence-electron chi connectivity index (χ1n) is 6.75. The molecule has 0 fully saturated rings. The van der Waals surface area contributed by atoms with Crippen LogP contribution in [0.4, 0.5) is 5.69 Å². The molecule has 0 radical (unpaired) electrons. The number of carbonyl (C=O) groups excluding carboxylic acids is 1. The predicted octanol–water partition coefficient (Wildman–Crippen LogP) is 1.77. The first kappa shape index (κ1) is 18.4. The van der Waals surface area contributed by atoms with E-state index in [0.29, 0.717) is 16.3 Å². The van der Waals surface area contributed by atoms with Gasteiger partial charge in [0, 0.05) is 25.2 Å². The molecule has 0 bridgehead atoms. The fourth-order valence-corrected chi connectivity index (χ4v) is 2.47. The van der Waals surface area contributed by atoms with Crippen molar-refractivity contribution < 1.29 is 24.5 Å². The number of benzene rings is 1. The summed E-state index contributed by atoms with van der Waals surface area (Å²) in [6, 6.07) is 2.22. The lowest BCUT2D eigenvalue weighted by molar-refractivity contribution is -0.141. The molecule has 1 aromatic carbocycles. The number of nitrogens with zero attached hydrogens (tertiary/aromatic N) is 1. The molecule has 122 valence electrons. The lowest BCUT2D eigenvalue weighted by Crippen LogP contribution is -2.48. The maximum absolute atomic E-state index is 12.4. The van der Waals surface area contributed by atoms with Gasteiger partial charge in [0.05, 0.1) is 5.69 Å². The Morgan fingerprint density at radius 3 is 2.50 bits per heavy atom. The summed E-state index contributed by atoms with van der Waals surface area (Å²) in [7, 11) is 1.36. The number of halogens is 1. The molecule has 0 aliphatic rings. The molecule has 0 aliphatic heterocycles. The van der Waals surface area contributed by atoms with E-state index in [-0.39, 0.29) is 19.6 Å². The summed E-state index contributed by atoms with van der Waals surface area (Å²) in [5.74, 6) is -1.70. The molecule has 0 aromatic heterocycles. The number of hydrogen-bond acceptors (Lipinski definition) is 4. The standard InChI is InChI=1S/C15H20ClNO5/c1-9-4-5-11(16)10(2)14(9)17(13(19)8-22-3)12(6-7-18)15(20)21/h4-5,12,18H,6-8H2,1-3H3,(H,20,21)/t12-/m0/s1. The highest BCUT2D eigenvalue weighted by atomic mass is 35.5. The maximum Gasteiger partial charge on any atom is 0.326 e. The average Bonchev–Trinajstić information content (AvgIpc) is 2.46. The summed E-state index contributed by atoms with van der Waals surface area (Å²) in [5, 5.41) is 19.0. The zero-order valence-electron chi connectivity index (χ0n) is 12.8. The molecule has 0 spiro atoms. The second-order valence-corrected chi connectivity index (χ2v) is 5.31. The minimum absolute atomic E-state index is 0.0871.